The van der Waals surface area contributed by atoms with Gasteiger partial charge in [0.05, 0.1) is 19.3 Å². The van der Waals surface area contributed by atoms with Crippen molar-refractivity contribution in [2.24, 2.45) is 10.9 Å². The average molecular weight is 339 g/mol. The van der Waals surface area contributed by atoms with Gasteiger partial charge in [-0.2, -0.15) is 5.10 Å². The molecule has 3 rings (SSSR count). The van der Waals surface area contributed by atoms with Crippen LogP contribution in [0.15, 0.2) is 47.7 Å². The van der Waals surface area contributed by atoms with Crippen LogP contribution in [-0.4, -0.2) is 40.3 Å². The van der Waals surface area contributed by atoms with Crippen molar-refractivity contribution >= 4 is 5.96 Å². The highest BCUT2D eigenvalue weighted by atomic mass is 15.3. The SMILES string of the molecule is CCNC(=NCc1cnn(Cc2ccccc2)c1)N1CCC(C)CC1. The van der Waals surface area contributed by atoms with Crippen LogP contribution in [-0.2, 0) is 13.1 Å². The second-order valence-electron chi connectivity index (χ2n) is 6.87. The number of guanidine groups is 1. The summed E-state index contributed by atoms with van der Waals surface area (Å²) in [6.45, 7) is 9.03. The van der Waals surface area contributed by atoms with Gasteiger partial charge in [0.25, 0.3) is 0 Å². The monoisotopic (exact) mass is 339 g/mol. The molecule has 1 aliphatic rings. The average Bonchev–Trinajstić information content (AvgIpc) is 3.08. The number of rotatable bonds is 5. The van der Waals surface area contributed by atoms with Crippen molar-refractivity contribution in [2.45, 2.75) is 39.8 Å². The molecule has 0 aliphatic carbocycles. The molecule has 1 aromatic heterocycles. The molecule has 25 heavy (non-hydrogen) atoms. The molecule has 5 nitrogen and oxygen atoms in total. The number of nitrogens with one attached hydrogen (secondary N) is 1. The predicted octanol–water partition coefficient (Wildman–Crippen LogP) is 3.13. The molecule has 1 fully saturated rings. The van der Waals surface area contributed by atoms with Crippen LogP contribution < -0.4 is 5.32 Å². The topological polar surface area (TPSA) is 45.5 Å². The van der Waals surface area contributed by atoms with Crippen molar-refractivity contribution in [2.75, 3.05) is 19.6 Å². The molecule has 0 unspecified atom stereocenters. The van der Waals surface area contributed by atoms with Crippen LogP contribution in [0.3, 0.4) is 0 Å². The summed E-state index contributed by atoms with van der Waals surface area (Å²) >= 11 is 0. The highest BCUT2D eigenvalue weighted by molar-refractivity contribution is 5.80. The van der Waals surface area contributed by atoms with Gasteiger partial charge in [-0.25, -0.2) is 4.99 Å². The van der Waals surface area contributed by atoms with Gasteiger partial charge in [0.15, 0.2) is 5.96 Å². The van der Waals surface area contributed by atoms with E-state index in [0.29, 0.717) is 6.54 Å². The summed E-state index contributed by atoms with van der Waals surface area (Å²) in [6, 6.07) is 10.4. The zero-order valence-corrected chi connectivity index (χ0v) is 15.4. The Labute approximate surface area is 150 Å². The van der Waals surface area contributed by atoms with Gasteiger partial charge in [-0.15, -0.1) is 0 Å². The van der Waals surface area contributed by atoms with E-state index in [0.717, 1.165) is 43.6 Å². The third-order valence-electron chi connectivity index (χ3n) is 4.70. The zero-order chi connectivity index (χ0) is 17.5. The molecule has 2 aromatic rings. The molecule has 0 spiro atoms. The van der Waals surface area contributed by atoms with E-state index in [1.807, 2.05) is 16.9 Å². The number of nitrogens with zero attached hydrogens (tertiary/aromatic N) is 4. The second-order valence-corrected chi connectivity index (χ2v) is 6.87. The molecule has 1 saturated heterocycles. The molecule has 0 saturated carbocycles. The molecule has 0 radical (unpaired) electrons. The van der Waals surface area contributed by atoms with Crippen molar-refractivity contribution in [3.63, 3.8) is 0 Å². The number of piperidine rings is 1. The van der Waals surface area contributed by atoms with Crippen LogP contribution in [0.5, 0.6) is 0 Å². The first-order valence-corrected chi connectivity index (χ1v) is 9.33. The normalized spacial score (nSPS) is 16.2. The van der Waals surface area contributed by atoms with Crippen LogP contribution in [0.2, 0.25) is 0 Å². The van der Waals surface area contributed by atoms with E-state index < -0.39 is 0 Å². The van der Waals surface area contributed by atoms with E-state index in [1.54, 1.807) is 0 Å². The molecule has 0 atom stereocenters. The van der Waals surface area contributed by atoms with Crippen molar-refractivity contribution in [1.29, 1.82) is 0 Å². The standard InChI is InChI=1S/C20H29N5/c1-3-21-20(24-11-9-17(2)10-12-24)22-13-19-14-23-25(16-19)15-18-7-5-4-6-8-18/h4-8,14,16-17H,3,9-13,15H2,1-2H3,(H,21,22). The maximum Gasteiger partial charge on any atom is 0.194 e. The molecule has 1 aliphatic heterocycles. The fraction of sp³-hybridized carbons (Fsp3) is 0.500. The lowest BCUT2D eigenvalue weighted by Crippen LogP contribution is -2.45. The van der Waals surface area contributed by atoms with Gasteiger partial charge < -0.3 is 10.2 Å². The summed E-state index contributed by atoms with van der Waals surface area (Å²) in [5.74, 6) is 1.86. The summed E-state index contributed by atoms with van der Waals surface area (Å²) in [7, 11) is 0. The number of hydrogen-bond acceptors (Lipinski definition) is 2. The molecule has 1 aromatic carbocycles. The van der Waals surface area contributed by atoms with Crippen LogP contribution in [0, 0.1) is 5.92 Å². The number of likely N-dealkylation sites (tertiary alicyclic amines) is 1. The van der Waals surface area contributed by atoms with E-state index >= 15 is 0 Å². The fourth-order valence-electron chi connectivity index (χ4n) is 3.16. The van der Waals surface area contributed by atoms with Crippen LogP contribution in [0.25, 0.3) is 0 Å². The Hall–Kier alpha value is -2.30. The first kappa shape index (κ1) is 17.5. The largest absolute Gasteiger partial charge is 0.357 e. The van der Waals surface area contributed by atoms with Gasteiger partial charge in [0.1, 0.15) is 0 Å². The molecule has 134 valence electrons. The lowest BCUT2D eigenvalue weighted by atomic mass is 10.00. The van der Waals surface area contributed by atoms with E-state index in [2.05, 4.69) is 59.6 Å². The third-order valence-corrected chi connectivity index (χ3v) is 4.70. The van der Waals surface area contributed by atoms with E-state index in [4.69, 9.17) is 4.99 Å². The molecule has 5 heteroatoms. The highest BCUT2D eigenvalue weighted by Crippen LogP contribution is 2.16. The number of aliphatic imine (C=N–C) groups is 1. The minimum atomic E-state index is 0.670. The highest BCUT2D eigenvalue weighted by Gasteiger charge is 2.18. The summed E-state index contributed by atoms with van der Waals surface area (Å²) < 4.78 is 1.98. The number of benzene rings is 1. The van der Waals surface area contributed by atoms with Gasteiger partial charge in [-0.05, 0) is 31.2 Å². The van der Waals surface area contributed by atoms with E-state index in [-0.39, 0.29) is 0 Å². The van der Waals surface area contributed by atoms with Gasteiger partial charge in [0.2, 0.25) is 0 Å². The Balaban J connectivity index is 1.61. The Morgan fingerprint density at radius 2 is 1.96 bits per heavy atom. The van der Waals surface area contributed by atoms with Crippen molar-refractivity contribution in [3.8, 4) is 0 Å². The summed E-state index contributed by atoms with van der Waals surface area (Å²) in [5, 5.41) is 7.90. The predicted molar refractivity (Wildman–Crippen MR) is 103 cm³/mol. The lowest BCUT2D eigenvalue weighted by molar-refractivity contribution is 0.273. The molecular weight excluding hydrogens is 310 g/mol. The summed E-state index contributed by atoms with van der Waals surface area (Å²) in [4.78, 5) is 7.22. The minimum absolute atomic E-state index is 0.670. The van der Waals surface area contributed by atoms with Gasteiger partial charge >= 0.3 is 0 Å². The van der Waals surface area contributed by atoms with E-state index in [1.165, 1.54) is 18.4 Å². The first-order valence-electron chi connectivity index (χ1n) is 9.33. The maximum absolute atomic E-state index is 4.83. The minimum Gasteiger partial charge on any atom is -0.357 e. The van der Waals surface area contributed by atoms with Crippen molar-refractivity contribution in [1.82, 2.24) is 20.0 Å². The fourth-order valence-corrected chi connectivity index (χ4v) is 3.16. The quantitative estimate of drug-likeness (QED) is 0.672. The summed E-state index contributed by atoms with van der Waals surface area (Å²) in [5.41, 5.74) is 2.41. The number of hydrogen-bond donors (Lipinski definition) is 1. The first-order chi connectivity index (χ1) is 12.2. The molecule has 1 N–H and O–H groups in total. The third kappa shape index (κ3) is 5.08. The molecular formula is C20H29N5. The Morgan fingerprint density at radius 1 is 1.20 bits per heavy atom. The summed E-state index contributed by atoms with van der Waals surface area (Å²) in [6.07, 6.45) is 6.52. The zero-order valence-electron chi connectivity index (χ0n) is 15.4. The molecule has 0 amide bonds. The Kier molecular flexibility index (Phi) is 6.09. The molecule has 0 bridgehead atoms. The van der Waals surface area contributed by atoms with Crippen LogP contribution in [0.4, 0.5) is 0 Å². The lowest BCUT2D eigenvalue weighted by Gasteiger charge is -2.32. The van der Waals surface area contributed by atoms with Crippen molar-refractivity contribution in [3.05, 3.63) is 53.9 Å². The second kappa shape index (κ2) is 8.70. The number of aromatic nitrogens is 2. The smallest absolute Gasteiger partial charge is 0.194 e. The van der Waals surface area contributed by atoms with Crippen molar-refractivity contribution < 1.29 is 0 Å². The molecule has 2 heterocycles. The van der Waals surface area contributed by atoms with Crippen LogP contribution in [0.1, 0.15) is 37.8 Å². The Bertz CT molecular complexity index is 668. The van der Waals surface area contributed by atoms with Gasteiger partial charge in [-0.1, -0.05) is 37.3 Å². The van der Waals surface area contributed by atoms with E-state index in [9.17, 15) is 0 Å². The van der Waals surface area contributed by atoms with Gasteiger partial charge in [-0.3, -0.25) is 4.68 Å². The Morgan fingerprint density at radius 3 is 2.68 bits per heavy atom. The maximum atomic E-state index is 4.83. The van der Waals surface area contributed by atoms with Gasteiger partial charge in [0, 0.05) is 31.4 Å². The van der Waals surface area contributed by atoms with Crippen LogP contribution >= 0.6 is 0 Å².